The molecule has 0 saturated carbocycles. The molecule has 0 spiro atoms. The van der Waals surface area contributed by atoms with E-state index in [0.717, 1.165) is 61.4 Å². The number of aryl methyl sites for hydroxylation is 2. The molecule has 354 valence electrons. The van der Waals surface area contributed by atoms with Gasteiger partial charge in [-0.05, 0) is 92.8 Å². The van der Waals surface area contributed by atoms with Gasteiger partial charge in [0, 0.05) is 0 Å². The van der Waals surface area contributed by atoms with Crippen molar-refractivity contribution in [1.29, 1.82) is 0 Å². The number of alkyl halides is 12. The standard InChI is InChI=1S/C15H9F6N3O2S.C14H18BF3O3.C7H3BrF3N3OS.CH4/c1-7-23-24-12(25)10(11(15(19,20)21)22-13(24)27-7)8-2-4-9(5-3-8)26-6-14(16,17)18;1-12(2)13(3,4)21-15(20-12)10-5-7-11(8-6-10)19-9-14(16,17)18;1-2-13-14-5(15)3(8)4(7(9,10)11)12-6(14)16-2;/h2-5H,6H2,1H3;5-8H,9H2,1-4H3;1H3;1H4. The minimum Gasteiger partial charge on any atom is -0.484 e. The van der Waals surface area contributed by atoms with Gasteiger partial charge in [0.15, 0.2) is 24.6 Å². The fraction of sp³-hybridized carbons (Fsp3) is 0.405. The number of hydrogen-bond donors (Lipinski definition) is 0. The lowest BCUT2D eigenvalue weighted by Crippen LogP contribution is -2.41. The van der Waals surface area contributed by atoms with Gasteiger partial charge in [-0.15, -0.1) is 0 Å². The smallest absolute Gasteiger partial charge is 0.484 e. The lowest BCUT2D eigenvalue weighted by Gasteiger charge is -2.32. The molecule has 28 heteroatoms. The molecule has 1 aliphatic rings. The second kappa shape index (κ2) is 19.2. The first-order valence-electron chi connectivity index (χ1n) is 17.8. The molecule has 1 fully saturated rings. The minimum atomic E-state index is -4.91. The van der Waals surface area contributed by atoms with Crippen LogP contribution in [0.1, 0.15) is 56.5 Å². The largest absolute Gasteiger partial charge is 0.494 e. The van der Waals surface area contributed by atoms with Crippen molar-refractivity contribution < 1.29 is 71.5 Å². The number of nitrogens with zero attached hydrogens (tertiary/aromatic N) is 6. The number of ether oxygens (including phenoxy) is 2. The average Bonchev–Trinajstić information content (AvgIpc) is 3.81. The highest BCUT2D eigenvalue weighted by atomic mass is 79.9. The average molecular weight is 1040 g/mol. The van der Waals surface area contributed by atoms with Crippen molar-refractivity contribution in [1.82, 2.24) is 29.2 Å². The zero-order valence-electron chi connectivity index (χ0n) is 33.5. The van der Waals surface area contributed by atoms with E-state index in [9.17, 15) is 62.3 Å². The normalized spacial score (nSPS) is 14.9. The Morgan fingerprint density at radius 1 is 0.646 bits per heavy atom. The summed E-state index contributed by atoms with van der Waals surface area (Å²) in [5.74, 6) is -0.0455. The molecule has 1 saturated heterocycles. The number of fused-ring (bicyclic) bond motifs is 2. The Hall–Kier alpha value is -4.80. The molecule has 0 N–H and O–H groups in total. The van der Waals surface area contributed by atoms with Gasteiger partial charge >= 0.3 is 31.8 Å². The number of rotatable bonds is 6. The molecule has 6 aromatic rings. The van der Waals surface area contributed by atoms with E-state index in [0.29, 0.717) is 10.0 Å². The predicted octanol–water partition coefficient (Wildman–Crippen LogP) is 9.89. The second-order valence-electron chi connectivity index (χ2n) is 14.3. The van der Waals surface area contributed by atoms with E-state index < -0.39 is 88.8 Å². The first-order chi connectivity index (χ1) is 29.3. The van der Waals surface area contributed by atoms with Gasteiger partial charge in [0.2, 0.25) is 9.92 Å². The Morgan fingerprint density at radius 3 is 1.43 bits per heavy atom. The van der Waals surface area contributed by atoms with Crippen LogP contribution in [0.2, 0.25) is 0 Å². The quantitative estimate of drug-likeness (QED) is 0.117. The summed E-state index contributed by atoms with van der Waals surface area (Å²) >= 11 is 4.35. The Morgan fingerprint density at radius 2 is 1.03 bits per heavy atom. The highest BCUT2D eigenvalue weighted by molar-refractivity contribution is 9.10. The summed E-state index contributed by atoms with van der Waals surface area (Å²) in [6.45, 7) is 8.00. The van der Waals surface area contributed by atoms with Gasteiger partial charge in [-0.2, -0.15) is 71.9 Å². The van der Waals surface area contributed by atoms with E-state index in [-0.39, 0.29) is 34.4 Å². The number of aromatic nitrogens is 6. The maximum absolute atomic E-state index is 13.4. The van der Waals surface area contributed by atoms with Crippen molar-refractivity contribution in [2.75, 3.05) is 13.2 Å². The maximum atomic E-state index is 13.4. The SMILES string of the molecule is C.CC1(C)OB(c2ccc(OCC(F)(F)F)cc2)OC1(C)C.Cc1nn2c(=O)c(-c3ccc(OCC(F)(F)F)cc3)c(C(F)(F)F)nc2s1.Cc1nn2c(=O)c(Br)c(C(F)(F)F)nc2s1. The first kappa shape index (κ1) is 52.8. The van der Waals surface area contributed by atoms with Gasteiger partial charge in [0.05, 0.1) is 16.8 Å². The summed E-state index contributed by atoms with van der Waals surface area (Å²) in [6, 6.07) is 10.5. The summed E-state index contributed by atoms with van der Waals surface area (Å²) in [5.41, 5.74) is -5.57. The summed E-state index contributed by atoms with van der Waals surface area (Å²) in [4.78, 5) is 30.7. The fourth-order valence-corrected chi connectivity index (χ4v) is 7.21. The van der Waals surface area contributed by atoms with Crippen molar-refractivity contribution in [3.8, 4) is 22.6 Å². The van der Waals surface area contributed by atoms with Crippen LogP contribution < -0.4 is 26.1 Å². The van der Waals surface area contributed by atoms with E-state index in [1.165, 1.54) is 19.1 Å². The second-order valence-corrected chi connectivity index (χ2v) is 17.4. The lowest BCUT2D eigenvalue weighted by molar-refractivity contribution is -0.154. The predicted molar refractivity (Wildman–Crippen MR) is 219 cm³/mol. The summed E-state index contributed by atoms with van der Waals surface area (Å²) < 4.78 is 172. The van der Waals surface area contributed by atoms with Gasteiger partial charge in [-0.25, -0.2) is 9.97 Å². The van der Waals surface area contributed by atoms with Gasteiger partial charge in [-0.1, -0.05) is 54.4 Å². The molecule has 12 nitrogen and oxygen atoms in total. The van der Waals surface area contributed by atoms with Crippen molar-refractivity contribution in [2.24, 2.45) is 0 Å². The van der Waals surface area contributed by atoms with E-state index in [2.05, 4.69) is 45.6 Å². The van der Waals surface area contributed by atoms with Gasteiger partial charge in [-0.3, -0.25) is 9.59 Å². The number of hydrogen-bond acceptors (Lipinski definition) is 12. The molecular weight excluding hydrogens is 1010 g/mol. The number of benzene rings is 2. The molecule has 65 heavy (non-hydrogen) atoms. The minimum absolute atomic E-state index is 0. The van der Waals surface area contributed by atoms with E-state index >= 15 is 0 Å². The molecule has 0 bridgehead atoms. The van der Waals surface area contributed by atoms with Crippen LogP contribution in [0.4, 0.5) is 52.7 Å². The molecular formula is C37H34BBrF12N6O6S2. The van der Waals surface area contributed by atoms with Gasteiger partial charge < -0.3 is 18.8 Å². The van der Waals surface area contributed by atoms with Crippen LogP contribution in [0.25, 0.3) is 21.0 Å². The topological polar surface area (TPSA) is 131 Å². The third-order valence-corrected chi connectivity index (χ3v) is 11.2. The molecule has 4 aromatic heterocycles. The Labute approximate surface area is 376 Å². The van der Waals surface area contributed by atoms with E-state index in [1.54, 1.807) is 19.1 Å². The molecule has 7 rings (SSSR count). The van der Waals surface area contributed by atoms with Crippen LogP contribution >= 0.6 is 38.6 Å². The summed E-state index contributed by atoms with van der Waals surface area (Å²) in [7, 11) is -0.535. The number of halogens is 13. The van der Waals surface area contributed by atoms with Crippen molar-refractivity contribution in [2.45, 2.75) is 84.9 Å². The molecule has 5 heterocycles. The molecule has 0 radical (unpaired) electrons. The van der Waals surface area contributed by atoms with Crippen LogP contribution in [0.3, 0.4) is 0 Å². The fourth-order valence-electron chi connectivity index (χ4n) is 5.26. The van der Waals surface area contributed by atoms with Crippen molar-refractivity contribution in [3.05, 3.63) is 95.1 Å². The molecule has 1 aliphatic heterocycles. The zero-order chi connectivity index (χ0) is 48.0. The van der Waals surface area contributed by atoms with Crippen LogP contribution in [0, 0.1) is 13.8 Å². The third-order valence-electron chi connectivity index (χ3n) is 8.86. The Kier molecular flexibility index (Phi) is 15.6. The third kappa shape index (κ3) is 13.0. The first-order valence-corrected chi connectivity index (χ1v) is 20.2. The zero-order valence-corrected chi connectivity index (χ0v) is 36.7. The van der Waals surface area contributed by atoms with Crippen molar-refractivity contribution >= 4 is 61.1 Å². The molecule has 0 atom stereocenters. The van der Waals surface area contributed by atoms with Crippen molar-refractivity contribution in [3.63, 3.8) is 0 Å². The van der Waals surface area contributed by atoms with E-state index in [4.69, 9.17) is 9.31 Å². The van der Waals surface area contributed by atoms with Crippen LogP contribution in [-0.2, 0) is 21.7 Å². The maximum Gasteiger partial charge on any atom is 0.494 e. The summed E-state index contributed by atoms with van der Waals surface area (Å²) in [5, 5.41) is 8.42. The van der Waals surface area contributed by atoms with Gasteiger partial charge in [0.25, 0.3) is 11.1 Å². The van der Waals surface area contributed by atoms with Gasteiger partial charge in [0.1, 0.15) is 26.0 Å². The molecule has 0 aliphatic carbocycles. The highest BCUT2D eigenvalue weighted by Crippen LogP contribution is 2.38. The van der Waals surface area contributed by atoms with Crippen LogP contribution in [0.5, 0.6) is 11.5 Å². The molecule has 0 amide bonds. The monoisotopic (exact) mass is 1040 g/mol. The molecule has 2 aromatic carbocycles. The Bertz CT molecular complexity index is 2720. The Balaban J connectivity index is 0.000000219. The lowest BCUT2D eigenvalue weighted by atomic mass is 9.79. The summed E-state index contributed by atoms with van der Waals surface area (Å²) in [6.07, 6.45) is -18.5. The van der Waals surface area contributed by atoms with Crippen LogP contribution in [-0.4, -0.2) is 73.1 Å². The van der Waals surface area contributed by atoms with Crippen LogP contribution in [0.15, 0.2) is 62.6 Å². The molecule has 0 unspecified atom stereocenters. The highest BCUT2D eigenvalue weighted by Gasteiger charge is 2.51. The van der Waals surface area contributed by atoms with E-state index in [1.807, 2.05) is 27.7 Å².